The van der Waals surface area contributed by atoms with Crippen LogP contribution >= 0.6 is 0 Å². The van der Waals surface area contributed by atoms with E-state index in [1.165, 1.54) is 36.4 Å². The summed E-state index contributed by atoms with van der Waals surface area (Å²) in [4.78, 5) is 12.4. The van der Waals surface area contributed by atoms with E-state index in [0.717, 1.165) is 5.56 Å². The fourth-order valence-corrected chi connectivity index (χ4v) is 3.06. The number of esters is 1. The molecule has 1 saturated heterocycles. The van der Waals surface area contributed by atoms with Gasteiger partial charge in [-0.1, -0.05) is 12.1 Å². The van der Waals surface area contributed by atoms with Gasteiger partial charge in [-0.05, 0) is 48.4 Å². The lowest BCUT2D eigenvalue weighted by Crippen LogP contribution is -2.60. The van der Waals surface area contributed by atoms with Crippen molar-refractivity contribution in [2.75, 3.05) is 13.2 Å². The Morgan fingerprint density at radius 2 is 1.53 bits per heavy atom. The van der Waals surface area contributed by atoms with Crippen LogP contribution in [-0.2, 0) is 20.6 Å². The third kappa shape index (κ3) is 5.26. The first-order valence-corrected chi connectivity index (χ1v) is 9.41. The normalized spacial score (nSPS) is 26.3. The van der Waals surface area contributed by atoms with Gasteiger partial charge in [0.25, 0.3) is 0 Å². The minimum absolute atomic E-state index is 0.0239. The van der Waals surface area contributed by atoms with E-state index in [9.17, 15) is 30.3 Å². The standard InChI is InChI=1S/C21H24O9/c22-11-16-17(25)18(26)19(30-20(27)13-3-7-15(24)8-4-13)21(29-16)28-10-9-12-1-5-14(23)6-2-12/h1-8,16-19,21-26H,9-11H2/t16-,17-,18+,19-,21-/m1/s1. The Bertz CT molecular complexity index is 821. The summed E-state index contributed by atoms with van der Waals surface area (Å²) in [6.45, 7) is -0.432. The lowest BCUT2D eigenvalue weighted by atomic mass is 9.99. The molecule has 0 radical (unpaired) electrons. The fraction of sp³-hybridized carbons (Fsp3) is 0.381. The van der Waals surface area contributed by atoms with Crippen LogP contribution in [0.1, 0.15) is 15.9 Å². The van der Waals surface area contributed by atoms with Gasteiger partial charge in [-0.2, -0.15) is 0 Å². The highest BCUT2D eigenvalue weighted by molar-refractivity contribution is 5.89. The molecule has 2 aromatic carbocycles. The van der Waals surface area contributed by atoms with E-state index in [2.05, 4.69) is 0 Å². The lowest BCUT2D eigenvalue weighted by molar-refractivity contribution is -0.299. The summed E-state index contributed by atoms with van der Waals surface area (Å²) in [7, 11) is 0. The summed E-state index contributed by atoms with van der Waals surface area (Å²) in [5, 5.41) is 48.6. The molecule has 1 fully saturated rings. The second kappa shape index (κ2) is 9.88. The Kier molecular flexibility index (Phi) is 7.24. The van der Waals surface area contributed by atoms with E-state index in [1.807, 2.05) is 0 Å². The quantitative estimate of drug-likeness (QED) is 0.400. The van der Waals surface area contributed by atoms with Crippen molar-refractivity contribution < 1.29 is 44.5 Å². The highest BCUT2D eigenvalue weighted by Crippen LogP contribution is 2.26. The van der Waals surface area contributed by atoms with Crippen molar-refractivity contribution in [3.8, 4) is 11.5 Å². The topological polar surface area (TPSA) is 146 Å². The van der Waals surface area contributed by atoms with Crippen LogP contribution < -0.4 is 0 Å². The van der Waals surface area contributed by atoms with Crippen molar-refractivity contribution in [1.29, 1.82) is 0 Å². The number of aliphatic hydroxyl groups is 3. The number of ether oxygens (including phenoxy) is 3. The molecule has 0 amide bonds. The summed E-state index contributed by atoms with van der Waals surface area (Å²) >= 11 is 0. The molecule has 1 heterocycles. The van der Waals surface area contributed by atoms with Crippen LogP contribution in [0.15, 0.2) is 48.5 Å². The number of carbonyl (C=O) groups excluding carboxylic acids is 1. The number of benzene rings is 2. The summed E-state index contributed by atoms with van der Waals surface area (Å²) in [5.41, 5.74) is 1.00. The maximum absolute atomic E-state index is 12.4. The Morgan fingerprint density at radius 3 is 2.13 bits per heavy atom. The SMILES string of the molecule is O=C(O[C@H]1[C@H](OCCc2ccc(O)cc2)O[C@H](CO)[C@@H](O)[C@@H]1O)c1ccc(O)cc1. The molecule has 0 aromatic heterocycles. The average molecular weight is 420 g/mol. The van der Waals surface area contributed by atoms with Crippen LogP contribution in [-0.4, -0.2) is 75.4 Å². The van der Waals surface area contributed by atoms with E-state index >= 15 is 0 Å². The molecule has 1 aliphatic heterocycles. The Balaban J connectivity index is 1.68. The maximum Gasteiger partial charge on any atom is 0.338 e. The van der Waals surface area contributed by atoms with Gasteiger partial charge in [-0.15, -0.1) is 0 Å². The van der Waals surface area contributed by atoms with Gasteiger partial charge in [0, 0.05) is 0 Å². The van der Waals surface area contributed by atoms with Crippen molar-refractivity contribution in [2.24, 2.45) is 0 Å². The summed E-state index contributed by atoms with van der Waals surface area (Å²) in [6.07, 6.45) is -6.26. The molecule has 1 aliphatic rings. The van der Waals surface area contributed by atoms with Gasteiger partial charge in [0.15, 0.2) is 12.4 Å². The summed E-state index contributed by atoms with van der Waals surface area (Å²) < 4.78 is 16.5. The molecule has 2 aromatic rings. The molecule has 0 spiro atoms. The molecule has 9 heteroatoms. The first-order chi connectivity index (χ1) is 14.4. The number of carbonyl (C=O) groups is 1. The molecule has 3 rings (SSSR count). The average Bonchev–Trinajstić information content (AvgIpc) is 2.74. The third-order valence-electron chi connectivity index (χ3n) is 4.78. The molecule has 0 bridgehead atoms. The van der Waals surface area contributed by atoms with Crippen LogP contribution in [0.3, 0.4) is 0 Å². The third-order valence-corrected chi connectivity index (χ3v) is 4.78. The second-order valence-corrected chi connectivity index (χ2v) is 6.91. The Hall–Kier alpha value is -2.69. The van der Waals surface area contributed by atoms with E-state index < -0.39 is 43.3 Å². The number of hydrogen-bond donors (Lipinski definition) is 5. The molecule has 0 aliphatic carbocycles. The molecule has 0 unspecified atom stereocenters. The number of rotatable bonds is 7. The minimum atomic E-state index is -1.55. The first-order valence-electron chi connectivity index (χ1n) is 9.41. The molecule has 30 heavy (non-hydrogen) atoms. The summed E-state index contributed by atoms with van der Waals surface area (Å²) in [6, 6.07) is 11.8. The van der Waals surface area contributed by atoms with E-state index in [-0.39, 0.29) is 23.7 Å². The predicted octanol–water partition coefficient (Wildman–Crippen LogP) is 0.321. The zero-order chi connectivity index (χ0) is 21.7. The molecule has 5 N–H and O–H groups in total. The molecule has 0 saturated carbocycles. The van der Waals surface area contributed by atoms with Crippen molar-refractivity contribution >= 4 is 5.97 Å². The van der Waals surface area contributed by atoms with Gasteiger partial charge < -0.3 is 39.7 Å². The zero-order valence-corrected chi connectivity index (χ0v) is 16.0. The number of aromatic hydroxyl groups is 2. The highest BCUT2D eigenvalue weighted by atomic mass is 16.7. The fourth-order valence-electron chi connectivity index (χ4n) is 3.06. The van der Waals surface area contributed by atoms with Crippen LogP contribution in [0.4, 0.5) is 0 Å². The smallest absolute Gasteiger partial charge is 0.338 e. The minimum Gasteiger partial charge on any atom is -0.508 e. The monoisotopic (exact) mass is 420 g/mol. The number of aliphatic hydroxyl groups excluding tert-OH is 3. The maximum atomic E-state index is 12.4. The molecule has 162 valence electrons. The molecular formula is C21H24O9. The van der Waals surface area contributed by atoms with Gasteiger partial charge in [0.2, 0.25) is 0 Å². The van der Waals surface area contributed by atoms with Crippen molar-refractivity contribution in [2.45, 2.75) is 37.1 Å². The summed E-state index contributed by atoms with van der Waals surface area (Å²) in [5.74, 6) is -0.687. The number of phenols is 2. The Labute approximate surface area is 172 Å². The zero-order valence-electron chi connectivity index (χ0n) is 16.0. The van der Waals surface area contributed by atoms with E-state index in [4.69, 9.17) is 14.2 Å². The predicted molar refractivity (Wildman–Crippen MR) is 103 cm³/mol. The van der Waals surface area contributed by atoms with Crippen LogP contribution in [0.25, 0.3) is 0 Å². The van der Waals surface area contributed by atoms with Gasteiger partial charge >= 0.3 is 5.97 Å². The number of hydrogen-bond acceptors (Lipinski definition) is 9. The second-order valence-electron chi connectivity index (χ2n) is 6.91. The van der Waals surface area contributed by atoms with Crippen molar-refractivity contribution in [1.82, 2.24) is 0 Å². The Morgan fingerprint density at radius 1 is 0.933 bits per heavy atom. The lowest BCUT2D eigenvalue weighted by Gasteiger charge is -2.41. The van der Waals surface area contributed by atoms with E-state index in [1.54, 1.807) is 12.1 Å². The van der Waals surface area contributed by atoms with Crippen LogP contribution in [0.5, 0.6) is 11.5 Å². The van der Waals surface area contributed by atoms with Gasteiger partial charge in [-0.25, -0.2) is 4.79 Å². The van der Waals surface area contributed by atoms with Crippen molar-refractivity contribution in [3.63, 3.8) is 0 Å². The van der Waals surface area contributed by atoms with Gasteiger partial charge in [0.1, 0.15) is 29.8 Å². The van der Waals surface area contributed by atoms with Gasteiger partial charge in [-0.3, -0.25) is 0 Å². The van der Waals surface area contributed by atoms with Crippen molar-refractivity contribution in [3.05, 3.63) is 59.7 Å². The molecule has 5 atom stereocenters. The number of phenolic OH excluding ortho intramolecular Hbond substituents is 2. The van der Waals surface area contributed by atoms with E-state index in [0.29, 0.717) is 6.42 Å². The highest BCUT2D eigenvalue weighted by Gasteiger charge is 2.47. The molecule has 9 nitrogen and oxygen atoms in total. The van der Waals surface area contributed by atoms with Gasteiger partial charge in [0.05, 0.1) is 18.8 Å². The van der Waals surface area contributed by atoms with Crippen LogP contribution in [0, 0.1) is 0 Å². The molecular weight excluding hydrogens is 396 g/mol. The largest absolute Gasteiger partial charge is 0.508 e. The first kappa shape index (κ1) is 22.0. The van der Waals surface area contributed by atoms with Crippen LogP contribution in [0.2, 0.25) is 0 Å².